The lowest BCUT2D eigenvalue weighted by atomic mass is 10.2. The minimum Gasteiger partial charge on any atom is -0.380 e. The van der Waals surface area contributed by atoms with Crippen molar-refractivity contribution in [2.75, 3.05) is 31.6 Å². The first-order valence-corrected chi connectivity index (χ1v) is 7.22. The van der Waals surface area contributed by atoms with Gasteiger partial charge in [-0.25, -0.2) is 0 Å². The fraction of sp³-hybridized carbons (Fsp3) is 0.714. The van der Waals surface area contributed by atoms with Gasteiger partial charge in [-0.3, -0.25) is 14.4 Å². The van der Waals surface area contributed by atoms with Crippen LogP contribution in [0.1, 0.15) is 25.5 Å². The molecule has 1 unspecified atom stereocenters. The van der Waals surface area contributed by atoms with Crippen LogP contribution in [0.5, 0.6) is 0 Å². The molecule has 1 saturated heterocycles. The molecule has 1 aliphatic heterocycles. The summed E-state index contributed by atoms with van der Waals surface area (Å²) in [5.41, 5.74) is 1.63. The van der Waals surface area contributed by atoms with Crippen LogP contribution in [0.4, 0.5) is 5.69 Å². The van der Waals surface area contributed by atoms with E-state index in [9.17, 15) is 4.79 Å². The SMILES string of the molecule is CCOCC1CCCN1CC(=O)Nc1cn(C)nc1C. The van der Waals surface area contributed by atoms with Crippen molar-refractivity contribution in [2.45, 2.75) is 32.7 Å². The third-order valence-corrected chi connectivity index (χ3v) is 3.65. The van der Waals surface area contributed by atoms with E-state index >= 15 is 0 Å². The van der Waals surface area contributed by atoms with Gasteiger partial charge in [-0.1, -0.05) is 0 Å². The monoisotopic (exact) mass is 280 g/mol. The number of amides is 1. The third kappa shape index (κ3) is 3.80. The molecule has 1 amide bonds. The van der Waals surface area contributed by atoms with Crippen LogP contribution in [-0.2, 0) is 16.6 Å². The highest BCUT2D eigenvalue weighted by Gasteiger charge is 2.26. The Bertz CT molecular complexity index is 458. The van der Waals surface area contributed by atoms with Crippen LogP contribution in [0.3, 0.4) is 0 Å². The molecule has 1 aromatic rings. The number of nitrogens with one attached hydrogen (secondary N) is 1. The van der Waals surface area contributed by atoms with Gasteiger partial charge in [0.1, 0.15) is 0 Å². The van der Waals surface area contributed by atoms with E-state index in [1.54, 1.807) is 4.68 Å². The number of hydrogen-bond donors (Lipinski definition) is 1. The second-order valence-electron chi connectivity index (χ2n) is 5.28. The van der Waals surface area contributed by atoms with Crippen LogP contribution in [0.15, 0.2) is 6.20 Å². The lowest BCUT2D eigenvalue weighted by Gasteiger charge is -2.23. The van der Waals surface area contributed by atoms with E-state index in [1.807, 2.05) is 27.1 Å². The van der Waals surface area contributed by atoms with E-state index in [0.29, 0.717) is 12.6 Å². The first kappa shape index (κ1) is 15.0. The second-order valence-corrected chi connectivity index (χ2v) is 5.28. The molecular formula is C14H24N4O2. The van der Waals surface area contributed by atoms with Crippen molar-refractivity contribution in [1.82, 2.24) is 14.7 Å². The zero-order valence-electron chi connectivity index (χ0n) is 12.6. The van der Waals surface area contributed by atoms with E-state index in [1.165, 1.54) is 0 Å². The predicted molar refractivity (Wildman–Crippen MR) is 77.7 cm³/mol. The molecule has 1 N–H and O–H groups in total. The standard InChI is InChI=1S/C14H24N4O2/c1-4-20-10-12-6-5-7-18(12)9-14(19)15-13-8-17(3)16-11(13)2/h8,12H,4-7,9-10H2,1-3H3,(H,15,19). The molecule has 1 aromatic heterocycles. The number of aromatic nitrogens is 2. The van der Waals surface area contributed by atoms with Gasteiger partial charge in [0.05, 0.1) is 24.5 Å². The number of ether oxygens (including phenoxy) is 1. The van der Waals surface area contributed by atoms with E-state index in [2.05, 4.69) is 15.3 Å². The average Bonchev–Trinajstić information content (AvgIpc) is 2.94. The molecule has 20 heavy (non-hydrogen) atoms. The molecule has 0 aromatic carbocycles. The van der Waals surface area contributed by atoms with Gasteiger partial charge in [0, 0.05) is 25.9 Å². The Morgan fingerprint density at radius 3 is 3.05 bits per heavy atom. The lowest BCUT2D eigenvalue weighted by molar-refractivity contribution is -0.117. The van der Waals surface area contributed by atoms with Gasteiger partial charge in [-0.05, 0) is 33.2 Å². The van der Waals surface area contributed by atoms with E-state index in [-0.39, 0.29) is 5.91 Å². The van der Waals surface area contributed by atoms with Gasteiger partial charge in [0.2, 0.25) is 5.91 Å². The molecule has 0 spiro atoms. The highest BCUT2D eigenvalue weighted by atomic mass is 16.5. The lowest BCUT2D eigenvalue weighted by Crippen LogP contribution is -2.39. The smallest absolute Gasteiger partial charge is 0.238 e. The summed E-state index contributed by atoms with van der Waals surface area (Å²) in [4.78, 5) is 14.3. The highest BCUT2D eigenvalue weighted by molar-refractivity contribution is 5.92. The van der Waals surface area contributed by atoms with Crippen LogP contribution in [0, 0.1) is 6.92 Å². The van der Waals surface area contributed by atoms with Gasteiger partial charge in [-0.2, -0.15) is 5.10 Å². The maximum atomic E-state index is 12.1. The fourth-order valence-electron chi connectivity index (χ4n) is 2.64. The number of likely N-dealkylation sites (tertiary alicyclic amines) is 1. The molecule has 2 rings (SSSR count). The second kappa shape index (κ2) is 6.85. The third-order valence-electron chi connectivity index (χ3n) is 3.65. The Labute approximate surface area is 120 Å². The average molecular weight is 280 g/mol. The number of rotatable bonds is 6. The molecule has 2 heterocycles. The largest absolute Gasteiger partial charge is 0.380 e. The van der Waals surface area contributed by atoms with Crippen LogP contribution in [-0.4, -0.2) is 52.9 Å². The van der Waals surface area contributed by atoms with E-state index in [0.717, 1.165) is 44.0 Å². The number of anilines is 1. The van der Waals surface area contributed by atoms with Gasteiger partial charge in [0.15, 0.2) is 0 Å². The van der Waals surface area contributed by atoms with Crippen LogP contribution in [0.2, 0.25) is 0 Å². The zero-order chi connectivity index (χ0) is 14.5. The first-order valence-electron chi connectivity index (χ1n) is 7.22. The maximum absolute atomic E-state index is 12.1. The van der Waals surface area contributed by atoms with Crippen molar-refractivity contribution < 1.29 is 9.53 Å². The Morgan fingerprint density at radius 2 is 2.40 bits per heavy atom. The number of carbonyl (C=O) groups is 1. The van der Waals surface area contributed by atoms with Crippen LogP contribution < -0.4 is 5.32 Å². The molecular weight excluding hydrogens is 256 g/mol. The summed E-state index contributed by atoms with van der Waals surface area (Å²) in [7, 11) is 1.85. The minimum absolute atomic E-state index is 0.0181. The topological polar surface area (TPSA) is 59.4 Å². The summed E-state index contributed by atoms with van der Waals surface area (Å²) < 4.78 is 7.19. The maximum Gasteiger partial charge on any atom is 0.238 e. The van der Waals surface area contributed by atoms with Crippen molar-refractivity contribution >= 4 is 11.6 Å². The van der Waals surface area contributed by atoms with Gasteiger partial charge in [0.25, 0.3) is 0 Å². The Balaban J connectivity index is 1.86. The summed E-state index contributed by atoms with van der Waals surface area (Å²) in [5.74, 6) is 0.0181. The summed E-state index contributed by atoms with van der Waals surface area (Å²) in [5, 5.41) is 7.15. The number of carbonyl (C=O) groups excluding carboxylic acids is 1. The molecule has 0 aliphatic carbocycles. The Kier molecular flexibility index (Phi) is 5.14. The van der Waals surface area contributed by atoms with Crippen molar-refractivity contribution in [2.24, 2.45) is 7.05 Å². The predicted octanol–water partition coefficient (Wildman–Crippen LogP) is 1.17. The number of nitrogens with zero attached hydrogens (tertiary/aromatic N) is 3. The van der Waals surface area contributed by atoms with Crippen molar-refractivity contribution in [1.29, 1.82) is 0 Å². The van der Waals surface area contributed by atoms with Gasteiger partial charge in [-0.15, -0.1) is 0 Å². The molecule has 1 atom stereocenters. The minimum atomic E-state index is 0.0181. The van der Waals surface area contributed by atoms with Crippen LogP contribution in [0.25, 0.3) is 0 Å². The Hall–Kier alpha value is -1.40. The fourth-order valence-corrected chi connectivity index (χ4v) is 2.64. The molecule has 6 nitrogen and oxygen atoms in total. The summed E-state index contributed by atoms with van der Waals surface area (Å²) >= 11 is 0. The van der Waals surface area contributed by atoms with Gasteiger partial charge < -0.3 is 10.1 Å². The Morgan fingerprint density at radius 1 is 1.60 bits per heavy atom. The van der Waals surface area contributed by atoms with E-state index < -0.39 is 0 Å². The number of aryl methyl sites for hydroxylation is 2. The molecule has 0 saturated carbocycles. The molecule has 0 radical (unpaired) electrons. The zero-order valence-corrected chi connectivity index (χ0v) is 12.6. The summed E-state index contributed by atoms with van der Waals surface area (Å²) in [6.07, 6.45) is 4.07. The highest BCUT2D eigenvalue weighted by Crippen LogP contribution is 2.18. The summed E-state index contributed by atoms with van der Waals surface area (Å²) in [6.45, 7) is 6.73. The van der Waals surface area contributed by atoms with Gasteiger partial charge >= 0.3 is 0 Å². The van der Waals surface area contributed by atoms with Crippen LogP contribution >= 0.6 is 0 Å². The molecule has 6 heteroatoms. The quantitative estimate of drug-likeness (QED) is 0.850. The normalized spacial score (nSPS) is 19.4. The summed E-state index contributed by atoms with van der Waals surface area (Å²) in [6, 6.07) is 0.371. The van der Waals surface area contributed by atoms with Crippen molar-refractivity contribution in [3.63, 3.8) is 0 Å². The van der Waals surface area contributed by atoms with Crippen molar-refractivity contribution in [3.8, 4) is 0 Å². The molecule has 112 valence electrons. The van der Waals surface area contributed by atoms with E-state index in [4.69, 9.17) is 4.74 Å². The molecule has 0 bridgehead atoms. The molecule has 1 fully saturated rings. The number of hydrogen-bond acceptors (Lipinski definition) is 4. The van der Waals surface area contributed by atoms with Crippen molar-refractivity contribution in [3.05, 3.63) is 11.9 Å². The molecule has 1 aliphatic rings. The first-order chi connectivity index (χ1) is 9.60.